The first-order chi connectivity index (χ1) is 11.3. The molecule has 0 unspecified atom stereocenters. The first-order valence-corrected chi connectivity index (χ1v) is 9.03. The third-order valence-corrected chi connectivity index (χ3v) is 5.89. The highest BCUT2D eigenvalue weighted by Crippen LogP contribution is 2.31. The normalized spacial score (nSPS) is 21.6. The molecular formula is C19H20FN2S+. The molecule has 4 heteroatoms. The molecule has 118 valence electrons. The molecule has 0 amide bonds. The molecule has 0 radical (unpaired) electrons. The average molecular weight is 327 g/mol. The van der Waals surface area contributed by atoms with Crippen LogP contribution in [0.4, 0.5) is 4.39 Å². The minimum atomic E-state index is -0.133. The Morgan fingerprint density at radius 1 is 1.09 bits per heavy atom. The Labute approximate surface area is 139 Å². The van der Waals surface area contributed by atoms with Crippen LogP contribution >= 0.6 is 11.3 Å². The molecule has 0 spiro atoms. The predicted molar refractivity (Wildman–Crippen MR) is 92.4 cm³/mol. The first-order valence-electron chi connectivity index (χ1n) is 8.21. The van der Waals surface area contributed by atoms with E-state index in [1.54, 1.807) is 17.0 Å². The van der Waals surface area contributed by atoms with E-state index in [4.69, 9.17) is 4.98 Å². The van der Waals surface area contributed by atoms with Gasteiger partial charge >= 0.3 is 0 Å². The maximum Gasteiger partial charge on any atom is 0.123 e. The van der Waals surface area contributed by atoms with Crippen LogP contribution in [0.2, 0.25) is 0 Å². The van der Waals surface area contributed by atoms with E-state index in [-0.39, 0.29) is 5.82 Å². The summed E-state index contributed by atoms with van der Waals surface area (Å²) in [7, 11) is 0. The number of benzene rings is 2. The number of piperidine rings is 1. The molecule has 0 atom stereocenters. The zero-order chi connectivity index (χ0) is 15.6. The fraction of sp³-hybridized carbons (Fsp3) is 0.316. The molecule has 3 aromatic rings. The van der Waals surface area contributed by atoms with Crippen molar-refractivity contribution in [1.82, 2.24) is 4.98 Å². The van der Waals surface area contributed by atoms with E-state index in [0.29, 0.717) is 5.92 Å². The van der Waals surface area contributed by atoms with Crippen molar-refractivity contribution < 1.29 is 9.29 Å². The minimum Gasteiger partial charge on any atom is -0.331 e. The summed E-state index contributed by atoms with van der Waals surface area (Å²) in [6.45, 7) is 3.19. The lowest BCUT2D eigenvalue weighted by atomic mass is 9.97. The van der Waals surface area contributed by atoms with Crippen molar-refractivity contribution in [2.45, 2.75) is 25.3 Å². The van der Waals surface area contributed by atoms with Crippen molar-refractivity contribution in [3.8, 4) is 0 Å². The van der Waals surface area contributed by atoms with Crippen molar-refractivity contribution in [2.24, 2.45) is 0 Å². The van der Waals surface area contributed by atoms with E-state index < -0.39 is 0 Å². The highest BCUT2D eigenvalue weighted by Gasteiger charge is 2.25. The SMILES string of the molecule is Fc1cccc(C[NH+]2CCC(c3nc4ccccc4s3)CC2)c1. The Morgan fingerprint density at radius 2 is 1.91 bits per heavy atom. The molecule has 1 N–H and O–H groups in total. The van der Waals surface area contributed by atoms with Gasteiger partial charge in [0.1, 0.15) is 12.4 Å². The quantitative estimate of drug-likeness (QED) is 0.780. The largest absolute Gasteiger partial charge is 0.331 e. The topological polar surface area (TPSA) is 17.3 Å². The Balaban J connectivity index is 1.40. The standard InChI is InChI=1S/C19H19FN2S/c20-16-5-3-4-14(12-16)13-22-10-8-15(9-11-22)19-21-17-6-1-2-7-18(17)23-19/h1-7,12,15H,8-11,13H2/p+1. The number of hydrogen-bond donors (Lipinski definition) is 1. The summed E-state index contributed by atoms with van der Waals surface area (Å²) in [5, 5.41) is 1.29. The molecule has 0 bridgehead atoms. The fourth-order valence-electron chi connectivity index (χ4n) is 3.45. The molecule has 2 aromatic carbocycles. The Morgan fingerprint density at radius 3 is 2.70 bits per heavy atom. The van der Waals surface area contributed by atoms with Gasteiger partial charge in [-0.3, -0.25) is 0 Å². The van der Waals surface area contributed by atoms with Gasteiger partial charge in [0.05, 0.1) is 28.3 Å². The smallest absolute Gasteiger partial charge is 0.123 e. The van der Waals surface area contributed by atoms with E-state index in [0.717, 1.165) is 30.7 Å². The van der Waals surface area contributed by atoms with Gasteiger partial charge in [0.2, 0.25) is 0 Å². The van der Waals surface area contributed by atoms with Crippen LogP contribution < -0.4 is 4.90 Å². The maximum absolute atomic E-state index is 13.3. The minimum absolute atomic E-state index is 0.133. The number of fused-ring (bicyclic) bond motifs is 1. The highest BCUT2D eigenvalue weighted by molar-refractivity contribution is 7.18. The Bertz CT molecular complexity index is 773. The van der Waals surface area contributed by atoms with Crippen molar-refractivity contribution in [1.29, 1.82) is 0 Å². The monoisotopic (exact) mass is 327 g/mol. The molecule has 1 fully saturated rings. The molecule has 2 nitrogen and oxygen atoms in total. The third kappa shape index (κ3) is 3.28. The number of hydrogen-bond acceptors (Lipinski definition) is 2. The van der Waals surface area contributed by atoms with E-state index in [2.05, 4.69) is 24.3 Å². The van der Waals surface area contributed by atoms with Gasteiger partial charge < -0.3 is 4.90 Å². The summed E-state index contributed by atoms with van der Waals surface area (Å²) in [6, 6.07) is 15.4. The van der Waals surface area contributed by atoms with Gasteiger partial charge in [-0.15, -0.1) is 11.3 Å². The number of halogens is 1. The molecule has 1 aromatic heterocycles. The lowest BCUT2D eigenvalue weighted by Crippen LogP contribution is -3.11. The van der Waals surface area contributed by atoms with Gasteiger partial charge in [-0.2, -0.15) is 0 Å². The molecule has 1 saturated heterocycles. The van der Waals surface area contributed by atoms with Crippen molar-refractivity contribution >= 4 is 21.6 Å². The molecule has 0 aliphatic carbocycles. The van der Waals surface area contributed by atoms with Gasteiger partial charge in [-0.25, -0.2) is 9.37 Å². The molecule has 0 saturated carbocycles. The van der Waals surface area contributed by atoms with E-state index in [1.165, 1.54) is 28.6 Å². The molecule has 23 heavy (non-hydrogen) atoms. The molecule has 2 heterocycles. The summed E-state index contributed by atoms with van der Waals surface area (Å²) >= 11 is 1.84. The van der Waals surface area contributed by atoms with Gasteiger partial charge in [-0.1, -0.05) is 24.3 Å². The van der Waals surface area contributed by atoms with Crippen molar-refractivity contribution in [3.05, 3.63) is 64.9 Å². The molecular weight excluding hydrogens is 307 g/mol. The number of nitrogens with zero attached hydrogens (tertiary/aromatic N) is 1. The van der Waals surface area contributed by atoms with Crippen LogP contribution in [0.25, 0.3) is 10.2 Å². The van der Waals surface area contributed by atoms with Gasteiger partial charge in [-0.05, 0) is 24.3 Å². The van der Waals surface area contributed by atoms with Crippen LogP contribution in [-0.4, -0.2) is 18.1 Å². The zero-order valence-electron chi connectivity index (χ0n) is 13.0. The summed E-state index contributed by atoms with van der Waals surface area (Å²) in [5.41, 5.74) is 2.22. The van der Waals surface area contributed by atoms with Crippen molar-refractivity contribution in [2.75, 3.05) is 13.1 Å². The van der Waals surface area contributed by atoms with Crippen LogP contribution in [0.5, 0.6) is 0 Å². The number of rotatable bonds is 3. The van der Waals surface area contributed by atoms with E-state index in [1.807, 2.05) is 17.4 Å². The van der Waals surface area contributed by atoms with E-state index >= 15 is 0 Å². The molecule has 1 aliphatic heterocycles. The zero-order valence-corrected chi connectivity index (χ0v) is 13.8. The fourth-order valence-corrected chi connectivity index (χ4v) is 4.59. The van der Waals surface area contributed by atoms with Crippen LogP contribution in [0, 0.1) is 5.82 Å². The maximum atomic E-state index is 13.3. The Hall–Kier alpha value is -1.78. The summed E-state index contributed by atoms with van der Waals surface area (Å²) < 4.78 is 14.6. The second-order valence-electron chi connectivity index (χ2n) is 6.35. The molecule has 1 aliphatic rings. The third-order valence-electron chi connectivity index (χ3n) is 4.70. The number of aromatic nitrogens is 1. The van der Waals surface area contributed by atoms with Crippen molar-refractivity contribution in [3.63, 3.8) is 0 Å². The number of quaternary nitrogens is 1. The van der Waals surface area contributed by atoms with Crippen LogP contribution in [0.15, 0.2) is 48.5 Å². The van der Waals surface area contributed by atoms with Gasteiger partial charge in [0.25, 0.3) is 0 Å². The van der Waals surface area contributed by atoms with Crippen LogP contribution in [-0.2, 0) is 6.54 Å². The van der Waals surface area contributed by atoms with Crippen LogP contribution in [0.3, 0.4) is 0 Å². The number of para-hydroxylation sites is 1. The van der Waals surface area contributed by atoms with Gasteiger partial charge in [0.15, 0.2) is 0 Å². The lowest BCUT2D eigenvalue weighted by Gasteiger charge is -2.28. The lowest BCUT2D eigenvalue weighted by molar-refractivity contribution is -0.919. The highest BCUT2D eigenvalue weighted by atomic mass is 32.1. The summed E-state index contributed by atoms with van der Waals surface area (Å²) in [5.74, 6) is 0.454. The number of nitrogens with one attached hydrogen (secondary N) is 1. The second kappa shape index (κ2) is 6.38. The summed E-state index contributed by atoms with van der Waals surface area (Å²) in [4.78, 5) is 6.37. The first kappa shape index (κ1) is 14.8. The second-order valence-corrected chi connectivity index (χ2v) is 7.41. The van der Waals surface area contributed by atoms with E-state index in [9.17, 15) is 4.39 Å². The molecule has 4 rings (SSSR count). The number of likely N-dealkylation sites (tertiary alicyclic amines) is 1. The van der Waals surface area contributed by atoms with Crippen LogP contribution in [0.1, 0.15) is 29.3 Å². The predicted octanol–water partition coefficient (Wildman–Crippen LogP) is 3.40. The summed E-state index contributed by atoms with van der Waals surface area (Å²) in [6.07, 6.45) is 2.34. The number of thiazole rings is 1. The Kier molecular flexibility index (Phi) is 4.10. The van der Waals surface area contributed by atoms with Gasteiger partial charge in [0, 0.05) is 24.3 Å². The average Bonchev–Trinajstić information content (AvgIpc) is 2.99.